The van der Waals surface area contributed by atoms with Crippen LogP contribution in [0.4, 0.5) is 0 Å². The monoisotopic (exact) mass is 244 g/mol. The first kappa shape index (κ1) is 14.2. The van der Waals surface area contributed by atoms with Crippen LogP contribution in [0.25, 0.3) is 0 Å². The summed E-state index contributed by atoms with van der Waals surface area (Å²) in [5.41, 5.74) is 1.29. The number of allylic oxidation sites excluding steroid dienone is 2. The maximum Gasteiger partial charge on any atom is 0.270 e. The van der Waals surface area contributed by atoms with Crippen LogP contribution in [0.3, 0.4) is 0 Å². The van der Waals surface area contributed by atoms with Crippen LogP contribution >= 0.6 is 0 Å². The molecule has 0 fully saturated rings. The number of nitrogens with one attached hydrogen (secondary N) is 1. The Morgan fingerprint density at radius 3 is 2.94 bits per heavy atom. The topological polar surface area (TPSA) is 42.0 Å². The van der Waals surface area contributed by atoms with E-state index in [1.807, 2.05) is 32.1 Å². The molecule has 1 aromatic heterocycles. The van der Waals surface area contributed by atoms with Crippen LogP contribution in [0.1, 0.15) is 35.9 Å². The highest BCUT2D eigenvalue weighted by Crippen LogP contribution is 2.03. The Hall–Kier alpha value is -1.90. The van der Waals surface area contributed by atoms with Crippen molar-refractivity contribution in [3.63, 3.8) is 0 Å². The fourth-order valence-corrected chi connectivity index (χ4v) is 1.60. The number of pyridine rings is 1. The van der Waals surface area contributed by atoms with Gasteiger partial charge in [0.15, 0.2) is 0 Å². The molecule has 1 N–H and O–H groups in total. The van der Waals surface area contributed by atoms with E-state index in [0.717, 1.165) is 18.5 Å². The van der Waals surface area contributed by atoms with Crippen molar-refractivity contribution in [1.82, 2.24) is 10.3 Å². The molecule has 0 radical (unpaired) electrons. The minimum absolute atomic E-state index is 0.0176. The van der Waals surface area contributed by atoms with Gasteiger partial charge in [0.1, 0.15) is 5.69 Å². The highest BCUT2D eigenvalue weighted by Gasteiger charge is 2.11. The third-order valence-electron chi connectivity index (χ3n) is 2.60. The Labute approximate surface area is 109 Å². The Kier molecular flexibility index (Phi) is 5.85. The largest absolute Gasteiger partial charge is 0.345 e. The number of nitrogens with zero attached hydrogens (tertiary/aromatic N) is 1. The number of carbonyl (C=O) groups excluding carboxylic acids is 1. The van der Waals surface area contributed by atoms with E-state index in [2.05, 4.69) is 23.0 Å². The third-order valence-corrected chi connectivity index (χ3v) is 2.60. The molecule has 1 rings (SSSR count). The molecular weight excluding hydrogens is 224 g/mol. The van der Waals surface area contributed by atoms with Crippen LogP contribution < -0.4 is 5.32 Å². The van der Waals surface area contributed by atoms with Gasteiger partial charge in [0.25, 0.3) is 5.91 Å². The van der Waals surface area contributed by atoms with Gasteiger partial charge < -0.3 is 5.32 Å². The van der Waals surface area contributed by atoms with Crippen molar-refractivity contribution in [2.24, 2.45) is 0 Å². The predicted molar refractivity (Wildman–Crippen MR) is 74.5 cm³/mol. The minimum Gasteiger partial charge on any atom is -0.345 e. The summed E-state index contributed by atoms with van der Waals surface area (Å²) < 4.78 is 0. The molecule has 0 saturated carbocycles. The molecule has 3 nitrogen and oxygen atoms in total. The second kappa shape index (κ2) is 7.43. The molecule has 18 heavy (non-hydrogen) atoms. The minimum atomic E-state index is -0.149. The molecule has 0 saturated heterocycles. The smallest absolute Gasteiger partial charge is 0.270 e. The summed E-state index contributed by atoms with van der Waals surface area (Å²) in [6.45, 7) is 7.60. The zero-order chi connectivity index (χ0) is 13.4. The number of aryl methyl sites for hydroxylation is 1. The SMILES string of the molecule is C=CC(CC/C=C\C)NC(=O)c1cccc(C)n1. The third kappa shape index (κ3) is 4.53. The molecule has 0 aromatic carbocycles. The van der Waals surface area contributed by atoms with Crippen molar-refractivity contribution in [2.75, 3.05) is 0 Å². The number of aromatic nitrogens is 1. The number of amides is 1. The second-order valence-electron chi connectivity index (χ2n) is 4.13. The summed E-state index contributed by atoms with van der Waals surface area (Å²) >= 11 is 0. The molecule has 0 aliphatic rings. The Balaban J connectivity index is 2.59. The van der Waals surface area contributed by atoms with Crippen LogP contribution in [-0.4, -0.2) is 16.9 Å². The fourth-order valence-electron chi connectivity index (χ4n) is 1.60. The first-order valence-electron chi connectivity index (χ1n) is 6.15. The Morgan fingerprint density at radius 1 is 1.56 bits per heavy atom. The van der Waals surface area contributed by atoms with E-state index in [0.29, 0.717) is 5.69 Å². The standard InChI is InChI=1S/C15H20N2O/c1-4-6-7-10-13(5-2)17-15(18)14-11-8-9-12(3)16-14/h4-6,8-9,11,13H,2,7,10H2,1,3H3,(H,17,18)/b6-4-. The lowest BCUT2D eigenvalue weighted by atomic mass is 10.1. The van der Waals surface area contributed by atoms with Crippen LogP contribution in [0.2, 0.25) is 0 Å². The van der Waals surface area contributed by atoms with Gasteiger partial charge in [-0.25, -0.2) is 4.98 Å². The van der Waals surface area contributed by atoms with E-state index in [4.69, 9.17) is 0 Å². The zero-order valence-electron chi connectivity index (χ0n) is 11.0. The van der Waals surface area contributed by atoms with Gasteiger partial charge in [-0.15, -0.1) is 6.58 Å². The van der Waals surface area contributed by atoms with E-state index < -0.39 is 0 Å². The van der Waals surface area contributed by atoms with E-state index in [1.54, 1.807) is 12.1 Å². The zero-order valence-corrected chi connectivity index (χ0v) is 11.0. The Bertz CT molecular complexity index is 438. The maximum absolute atomic E-state index is 12.0. The van der Waals surface area contributed by atoms with Gasteiger partial charge in [-0.3, -0.25) is 4.79 Å². The molecule has 0 spiro atoms. The van der Waals surface area contributed by atoms with Gasteiger partial charge in [-0.2, -0.15) is 0 Å². The van der Waals surface area contributed by atoms with Gasteiger partial charge in [0, 0.05) is 11.7 Å². The highest BCUT2D eigenvalue weighted by atomic mass is 16.1. The van der Waals surface area contributed by atoms with E-state index in [1.165, 1.54) is 0 Å². The van der Waals surface area contributed by atoms with Gasteiger partial charge in [-0.1, -0.05) is 24.3 Å². The molecule has 1 amide bonds. The van der Waals surface area contributed by atoms with Gasteiger partial charge in [0.2, 0.25) is 0 Å². The summed E-state index contributed by atoms with van der Waals surface area (Å²) in [4.78, 5) is 16.2. The average molecular weight is 244 g/mol. The summed E-state index contributed by atoms with van der Waals surface area (Å²) in [5.74, 6) is -0.149. The number of hydrogen-bond acceptors (Lipinski definition) is 2. The van der Waals surface area contributed by atoms with Gasteiger partial charge >= 0.3 is 0 Å². The molecule has 1 atom stereocenters. The molecule has 1 heterocycles. The lowest BCUT2D eigenvalue weighted by Crippen LogP contribution is -2.33. The summed E-state index contributed by atoms with van der Waals surface area (Å²) in [5, 5.41) is 2.92. The van der Waals surface area contributed by atoms with Crippen LogP contribution in [-0.2, 0) is 0 Å². The van der Waals surface area contributed by atoms with Crippen molar-refractivity contribution in [3.05, 3.63) is 54.4 Å². The quantitative estimate of drug-likeness (QED) is 0.781. The van der Waals surface area contributed by atoms with Crippen molar-refractivity contribution < 1.29 is 4.79 Å². The van der Waals surface area contributed by atoms with Crippen molar-refractivity contribution in [2.45, 2.75) is 32.7 Å². The van der Waals surface area contributed by atoms with Crippen LogP contribution in [0.5, 0.6) is 0 Å². The Morgan fingerprint density at radius 2 is 2.33 bits per heavy atom. The van der Waals surface area contributed by atoms with Crippen molar-refractivity contribution in [3.8, 4) is 0 Å². The van der Waals surface area contributed by atoms with E-state index in [9.17, 15) is 4.79 Å². The van der Waals surface area contributed by atoms with Crippen molar-refractivity contribution >= 4 is 5.91 Å². The van der Waals surface area contributed by atoms with Gasteiger partial charge in [0.05, 0.1) is 0 Å². The van der Waals surface area contributed by atoms with E-state index in [-0.39, 0.29) is 11.9 Å². The molecule has 1 aromatic rings. The van der Waals surface area contributed by atoms with Crippen LogP contribution in [0, 0.1) is 6.92 Å². The molecule has 96 valence electrons. The molecular formula is C15H20N2O. The summed E-state index contributed by atoms with van der Waals surface area (Å²) in [6, 6.07) is 5.40. The van der Waals surface area contributed by atoms with Gasteiger partial charge in [-0.05, 0) is 38.8 Å². The van der Waals surface area contributed by atoms with E-state index >= 15 is 0 Å². The number of rotatable bonds is 6. The maximum atomic E-state index is 12.0. The lowest BCUT2D eigenvalue weighted by Gasteiger charge is -2.13. The molecule has 0 aliphatic heterocycles. The fraction of sp³-hybridized carbons (Fsp3) is 0.333. The second-order valence-corrected chi connectivity index (χ2v) is 4.13. The number of carbonyl (C=O) groups is 1. The molecule has 0 aliphatic carbocycles. The summed E-state index contributed by atoms with van der Waals surface area (Å²) in [7, 11) is 0. The first-order valence-corrected chi connectivity index (χ1v) is 6.15. The predicted octanol–water partition coefficient (Wildman–Crippen LogP) is 3.03. The average Bonchev–Trinajstić information content (AvgIpc) is 2.37. The number of hydrogen-bond donors (Lipinski definition) is 1. The lowest BCUT2D eigenvalue weighted by molar-refractivity contribution is 0.0938. The molecule has 0 bridgehead atoms. The summed E-state index contributed by atoms with van der Waals surface area (Å²) in [6.07, 6.45) is 7.62. The van der Waals surface area contributed by atoms with Crippen LogP contribution in [0.15, 0.2) is 43.0 Å². The highest BCUT2D eigenvalue weighted by molar-refractivity contribution is 5.92. The first-order chi connectivity index (χ1) is 8.67. The van der Waals surface area contributed by atoms with Crippen molar-refractivity contribution in [1.29, 1.82) is 0 Å². The normalized spacial score (nSPS) is 12.3. The molecule has 1 unspecified atom stereocenters. The molecule has 3 heteroatoms.